The third kappa shape index (κ3) is 2.31. The van der Waals surface area contributed by atoms with E-state index in [1.807, 2.05) is 24.4 Å². The zero-order chi connectivity index (χ0) is 14.1. The van der Waals surface area contributed by atoms with E-state index < -0.39 is 0 Å². The molecule has 1 aliphatic heterocycles. The highest BCUT2D eigenvalue weighted by molar-refractivity contribution is 5.93. The molecule has 2 heterocycles. The number of ether oxygens (including phenoxy) is 1. The summed E-state index contributed by atoms with van der Waals surface area (Å²) in [5, 5.41) is 2.32. The number of aromatic nitrogens is 1. The second-order valence-electron chi connectivity index (χ2n) is 5.60. The molecule has 3 rings (SSSR count). The van der Waals surface area contributed by atoms with Crippen LogP contribution in [0.4, 0.5) is 5.82 Å². The molecule has 0 radical (unpaired) electrons. The minimum Gasteiger partial charge on any atom is -0.497 e. The first-order valence-corrected chi connectivity index (χ1v) is 7.12. The number of nitrogens with zero attached hydrogens (tertiary/aromatic N) is 2. The van der Waals surface area contributed by atoms with Gasteiger partial charge in [0.05, 0.1) is 7.11 Å². The normalized spacial score (nSPS) is 23.1. The SMILES string of the molecule is COc1ccc2c(N3CCC(C)C(N)C3)nccc2c1. The summed E-state index contributed by atoms with van der Waals surface area (Å²) in [4.78, 5) is 6.88. The van der Waals surface area contributed by atoms with Crippen LogP contribution >= 0.6 is 0 Å². The van der Waals surface area contributed by atoms with Crippen molar-refractivity contribution < 1.29 is 4.74 Å². The molecule has 2 aromatic rings. The predicted octanol–water partition coefficient (Wildman–Crippen LogP) is 2.42. The zero-order valence-electron chi connectivity index (χ0n) is 12.0. The van der Waals surface area contributed by atoms with Crippen LogP contribution in [0.1, 0.15) is 13.3 Å². The summed E-state index contributed by atoms with van der Waals surface area (Å²) in [6.45, 7) is 4.12. The summed E-state index contributed by atoms with van der Waals surface area (Å²) >= 11 is 0. The van der Waals surface area contributed by atoms with Gasteiger partial charge in [-0.15, -0.1) is 0 Å². The summed E-state index contributed by atoms with van der Waals surface area (Å²) in [6, 6.07) is 8.36. The Labute approximate surface area is 119 Å². The van der Waals surface area contributed by atoms with Crippen LogP contribution in [0.5, 0.6) is 5.75 Å². The van der Waals surface area contributed by atoms with Crippen LogP contribution in [0.25, 0.3) is 10.8 Å². The Bertz CT molecular complexity index is 614. The van der Waals surface area contributed by atoms with E-state index in [-0.39, 0.29) is 6.04 Å². The molecule has 1 aromatic heterocycles. The molecule has 106 valence electrons. The molecule has 1 fully saturated rings. The molecule has 1 saturated heterocycles. The summed E-state index contributed by atoms with van der Waals surface area (Å²) < 4.78 is 5.28. The van der Waals surface area contributed by atoms with Gasteiger partial charge in [-0.2, -0.15) is 0 Å². The molecule has 2 N–H and O–H groups in total. The molecule has 1 aliphatic rings. The van der Waals surface area contributed by atoms with Crippen molar-refractivity contribution in [3.8, 4) is 5.75 Å². The van der Waals surface area contributed by atoms with E-state index in [1.54, 1.807) is 7.11 Å². The van der Waals surface area contributed by atoms with Gasteiger partial charge < -0.3 is 15.4 Å². The number of fused-ring (bicyclic) bond motifs is 1. The Hall–Kier alpha value is -1.81. The fourth-order valence-electron chi connectivity index (χ4n) is 2.81. The average molecular weight is 271 g/mol. The molecule has 2 unspecified atom stereocenters. The van der Waals surface area contributed by atoms with Gasteiger partial charge >= 0.3 is 0 Å². The summed E-state index contributed by atoms with van der Waals surface area (Å²) in [5.41, 5.74) is 6.21. The lowest BCUT2D eigenvalue weighted by atomic mass is 9.94. The molecule has 0 amide bonds. The quantitative estimate of drug-likeness (QED) is 0.911. The Morgan fingerprint density at radius 1 is 1.35 bits per heavy atom. The third-order valence-corrected chi connectivity index (χ3v) is 4.27. The van der Waals surface area contributed by atoms with Crippen LogP contribution < -0.4 is 15.4 Å². The molecule has 4 nitrogen and oxygen atoms in total. The second kappa shape index (κ2) is 5.29. The van der Waals surface area contributed by atoms with E-state index in [9.17, 15) is 0 Å². The second-order valence-corrected chi connectivity index (χ2v) is 5.60. The van der Waals surface area contributed by atoms with E-state index in [2.05, 4.69) is 22.9 Å². The molecule has 20 heavy (non-hydrogen) atoms. The van der Waals surface area contributed by atoms with Crippen molar-refractivity contribution in [3.05, 3.63) is 30.5 Å². The van der Waals surface area contributed by atoms with Gasteiger partial charge in [0.25, 0.3) is 0 Å². The van der Waals surface area contributed by atoms with Crippen LogP contribution in [-0.2, 0) is 0 Å². The molecule has 0 spiro atoms. The lowest BCUT2D eigenvalue weighted by Crippen LogP contribution is -2.47. The van der Waals surface area contributed by atoms with E-state index in [0.717, 1.165) is 41.9 Å². The number of methoxy groups -OCH3 is 1. The first kappa shape index (κ1) is 13.2. The van der Waals surface area contributed by atoms with Gasteiger partial charge in [-0.05, 0) is 42.0 Å². The monoisotopic (exact) mass is 271 g/mol. The van der Waals surface area contributed by atoms with Gasteiger partial charge in [-0.25, -0.2) is 4.98 Å². The molecule has 2 atom stereocenters. The van der Waals surface area contributed by atoms with E-state index >= 15 is 0 Å². The third-order valence-electron chi connectivity index (χ3n) is 4.27. The minimum atomic E-state index is 0.221. The van der Waals surface area contributed by atoms with E-state index in [0.29, 0.717) is 5.92 Å². The number of hydrogen-bond donors (Lipinski definition) is 1. The van der Waals surface area contributed by atoms with Gasteiger partial charge in [-0.1, -0.05) is 6.92 Å². The van der Waals surface area contributed by atoms with Crippen molar-refractivity contribution in [1.29, 1.82) is 0 Å². The predicted molar refractivity (Wildman–Crippen MR) is 82.3 cm³/mol. The number of hydrogen-bond acceptors (Lipinski definition) is 4. The van der Waals surface area contributed by atoms with Crippen molar-refractivity contribution in [2.75, 3.05) is 25.1 Å². The number of pyridine rings is 1. The fourth-order valence-corrected chi connectivity index (χ4v) is 2.81. The standard InChI is InChI=1S/C16H21N3O/c1-11-6-8-19(10-15(11)17)16-14-4-3-13(20-2)9-12(14)5-7-18-16/h3-5,7,9,11,15H,6,8,10,17H2,1-2H3. The number of rotatable bonds is 2. The summed E-state index contributed by atoms with van der Waals surface area (Å²) in [7, 11) is 1.69. The van der Waals surface area contributed by atoms with Gasteiger partial charge in [0.15, 0.2) is 0 Å². The Morgan fingerprint density at radius 3 is 2.95 bits per heavy atom. The van der Waals surface area contributed by atoms with Gasteiger partial charge in [-0.3, -0.25) is 0 Å². The molecule has 0 bridgehead atoms. The van der Waals surface area contributed by atoms with Crippen LogP contribution in [0.15, 0.2) is 30.5 Å². The maximum atomic E-state index is 6.21. The van der Waals surface area contributed by atoms with E-state index in [4.69, 9.17) is 10.5 Å². The first-order valence-electron chi connectivity index (χ1n) is 7.12. The van der Waals surface area contributed by atoms with E-state index in [1.165, 1.54) is 0 Å². The van der Waals surface area contributed by atoms with Gasteiger partial charge in [0.1, 0.15) is 11.6 Å². The highest BCUT2D eigenvalue weighted by Crippen LogP contribution is 2.30. The number of nitrogens with two attached hydrogens (primary N) is 1. The van der Waals surface area contributed by atoms with Crippen molar-refractivity contribution in [1.82, 2.24) is 4.98 Å². The highest BCUT2D eigenvalue weighted by Gasteiger charge is 2.24. The van der Waals surface area contributed by atoms with Crippen molar-refractivity contribution in [2.45, 2.75) is 19.4 Å². The Kier molecular flexibility index (Phi) is 3.49. The van der Waals surface area contributed by atoms with Crippen LogP contribution in [0.2, 0.25) is 0 Å². The van der Waals surface area contributed by atoms with Crippen LogP contribution in [0.3, 0.4) is 0 Å². The molecule has 0 saturated carbocycles. The molecule has 4 heteroatoms. The average Bonchev–Trinajstić information content (AvgIpc) is 2.49. The smallest absolute Gasteiger partial charge is 0.136 e. The first-order chi connectivity index (χ1) is 9.69. The summed E-state index contributed by atoms with van der Waals surface area (Å²) in [6.07, 6.45) is 2.98. The number of anilines is 1. The number of piperidine rings is 1. The fraction of sp³-hybridized carbons (Fsp3) is 0.438. The zero-order valence-corrected chi connectivity index (χ0v) is 12.0. The molecular weight excluding hydrogens is 250 g/mol. The Morgan fingerprint density at radius 2 is 2.20 bits per heavy atom. The maximum absolute atomic E-state index is 6.21. The van der Waals surface area contributed by atoms with Crippen molar-refractivity contribution in [2.24, 2.45) is 11.7 Å². The molecule has 1 aromatic carbocycles. The number of benzene rings is 1. The maximum Gasteiger partial charge on any atom is 0.136 e. The summed E-state index contributed by atoms with van der Waals surface area (Å²) in [5.74, 6) is 2.49. The Balaban J connectivity index is 1.99. The minimum absolute atomic E-state index is 0.221. The highest BCUT2D eigenvalue weighted by atomic mass is 16.5. The van der Waals surface area contributed by atoms with Crippen LogP contribution in [-0.4, -0.2) is 31.2 Å². The van der Waals surface area contributed by atoms with Crippen LogP contribution in [0, 0.1) is 5.92 Å². The largest absolute Gasteiger partial charge is 0.497 e. The van der Waals surface area contributed by atoms with Gasteiger partial charge in [0.2, 0.25) is 0 Å². The lowest BCUT2D eigenvalue weighted by Gasteiger charge is -2.36. The van der Waals surface area contributed by atoms with Crippen molar-refractivity contribution >= 4 is 16.6 Å². The lowest BCUT2D eigenvalue weighted by molar-refractivity contribution is 0.378. The molecular formula is C16H21N3O. The van der Waals surface area contributed by atoms with Crippen molar-refractivity contribution in [3.63, 3.8) is 0 Å². The van der Waals surface area contributed by atoms with Gasteiger partial charge in [0, 0.05) is 30.7 Å². The molecule has 0 aliphatic carbocycles. The topological polar surface area (TPSA) is 51.4 Å².